The summed E-state index contributed by atoms with van der Waals surface area (Å²) in [5.74, 6) is -1.63. The number of benzene rings is 2. The molecule has 0 amide bonds. The van der Waals surface area contributed by atoms with Crippen LogP contribution in [-0.4, -0.2) is 43.9 Å². The molecule has 0 heterocycles. The van der Waals surface area contributed by atoms with Crippen LogP contribution >= 0.6 is 0 Å². The van der Waals surface area contributed by atoms with Crippen molar-refractivity contribution in [3.63, 3.8) is 0 Å². The molecule has 0 spiro atoms. The molecule has 0 saturated carbocycles. The molecule has 0 aliphatic rings. The number of ether oxygens (including phenoxy) is 1. The maximum Gasteiger partial charge on any atom is 0.337 e. The van der Waals surface area contributed by atoms with E-state index in [-0.39, 0.29) is 6.61 Å². The number of hydrogen-bond acceptors (Lipinski definition) is 7. The van der Waals surface area contributed by atoms with Crippen molar-refractivity contribution in [2.45, 2.75) is 57.1 Å². The highest BCUT2D eigenvalue weighted by Crippen LogP contribution is 2.32. The number of carbonyl (C=O) groups is 1. The van der Waals surface area contributed by atoms with Crippen molar-refractivity contribution in [3.8, 4) is 0 Å². The molecule has 3 atom stereocenters. The zero-order valence-corrected chi connectivity index (χ0v) is 22.6. The fraction of sp³-hybridized carbons (Fsp3) is 0.400. The summed E-state index contributed by atoms with van der Waals surface area (Å²) in [7, 11) is -5.90. The first-order valence-electron chi connectivity index (χ1n) is 11.1. The molecule has 8 nitrogen and oxygen atoms in total. The van der Waals surface area contributed by atoms with Crippen LogP contribution in [0.1, 0.15) is 46.1 Å². The quantitative estimate of drug-likeness (QED) is 0.463. The molecule has 2 aromatic rings. The van der Waals surface area contributed by atoms with Gasteiger partial charge in [0, 0.05) is 18.4 Å². The lowest BCUT2D eigenvalue weighted by Crippen LogP contribution is -2.48. The van der Waals surface area contributed by atoms with E-state index in [0.29, 0.717) is 16.0 Å². The molecule has 192 valence electrons. The van der Waals surface area contributed by atoms with E-state index in [1.54, 1.807) is 89.2 Å². The van der Waals surface area contributed by atoms with Gasteiger partial charge in [0.25, 0.3) is 0 Å². The van der Waals surface area contributed by atoms with Gasteiger partial charge in [0.15, 0.2) is 0 Å². The van der Waals surface area contributed by atoms with Crippen molar-refractivity contribution in [2.75, 3.05) is 13.7 Å². The number of nitrogens with one attached hydrogen (secondary N) is 1. The minimum Gasteiger partial charge on any atom is -0.465 e. The van der Waals surface area contributed by atoms with Gasteiger partial charge in [0.1, 0.15) is 6.04 Å². The van der Waals surface area contributed by atoms with E-state index >= 15 is 0 Å². The Kier molecular flexibility index (Phi) is 9.79. The summed E-state index contributed by atoms with van der Waals surface area (Å²) >= 11 is 0. The Morgan fingerprint density at radius 3 is 2.06 bits per heavy atom. The number of rotatable bonds is 10. The van der Waals surface area contributed by atoms with Crippen LogP contribution in [0.15, 0.2) is 80.9 Å². The number of esters is 1. The first kappa shape index (κ1) is 28.7. The Morgan fingerprint density at radius 2 is 1.57 bits per heavy atom. The molecule has 1 unspecified atom stereocenters. The molecule has 0 saturated heterocycles. The van der Waals surface area contributed by atoms with Crippen LogP contribution in [0.3, 0.4) is 0 Å². The van der Waals surface area contributed by atoms with Gasteiger partial charge in [-0.25, -0.2) is 8.57 Å². The van der Waals surface area contributed by atoms with Gasteiger partial charge in [-0.1, -0.05) is 54.1 Å². The molecule has 1 N–H and O–H groups in total. The number of hydrogen-bond donors (Lipinski definition) is 1. The van der Waals surface area contributed by atoms with Crippen molar-refractivity contribution < 1.29 is 26.3 Å². The molecule has 0 radical (unpaired) electrons. The first-order chi connectivity index (χ1) is 16.3. The lowest BCUT2D eigenvalue weighted by atomic mass is 9.86. The molecule has 2 aromatic carbocycles. The highest BCUT2D eigenvalue weighted by atomic mass is 32.2. The van der Waals surface area contributed by atoms with Crippen LogP contribution < -0.4 is 4.72 Å². The van der Waals surface area contributed by atoms with Gasteiger partial charge in [-0.05, 0) is 52.3 Å². The van der Waals surface area contributed by atoms with Crippen molar-refractivity contribution in [3.05, 3.63) is 77.2 Å². The highest BCUT2D eigenvalue weighted by Gasteiger charge is 2.37. The minimum absolute atomic E-state index is 0.0481. The van der Waals surface area contributed by atoms with E-state index in [1.165, 1.54) is 12.5 Å². The van der Waals surface area contributed by atoms with E-state index in [4.69, 9.17) is 8.92 Å². The Morgan fingerprint density at radius 1 is 1.03 bits per heavy atom. The Bertz CT molecular complexity index is 1240. The number of nitrogens with zero attached hydrogens (tertiary/aromatic N) is 1. The van der Waals surface area contributed by atoms with E-state index in [9.17, 15) is 17.4 Å². The summed E-state index contributed by atoms with van der Waals surface area (Å²) in [6.07, 6.45) is 0. The van der Waals surface area contributed by atoms with Gasteiger partial charge in [-0.15, -0.1) is 0 Å². The summed E-state index contributed by atoms with van der Waals surface area (Å²) in [6.45, 7) is 8.13. The Balaban J connectivity index is 2.69. The molecule has 0 aliphatic carbocycles. The molecule has 0 aromatic heterocycles. The summed E-state index contributed by atoms with van der Waals surface area (Å²) in [4.78, 5) is 13.6. The third kappa shape index (κ3) is 8.28. The standard InChI is InChI=1S/C25H34N2O6S2/c1-7-32-24(28)23(27-35(30,31)33-25(3,4)5)22(20-14-10-8-11-15-20)19(2)18-34(29,26-6)21-16-12-9-13-17-21/h8-18,22-23,27H,7H2,1-6H3/b19-18+/t22-,23-,34?/m0/s1. The summed E-state index contributed by atoms with van der Waals surface area (Å²) < 4.78 is 56.4. The average Bonchev–Trinajstić information content (AvgIpc) is 2.78. The van der Waals surface area contributed by atoms with Crippen LogP contribution in [0.25, 0.3) is 0 Å². The van der Waals surface area contributed by atoms with E-state index in [2.05, 4.69) is 9.08 Å². The van der Waals surface area contributed by atoms with Crippen molar-refractivity contribution in [2.24, 2.45) is 4.36 Å². The Labute approximate surface area is 209 Å². The maximum atomic E-state index is 13.8. The summed E-state index contributed by atoms with van der Waals surface area (Å²) in [6, 6.07) is 16.3. The zero-order valence-electron chi connectivity index (χ0n) is 20.9. The molecular weight excluding hydrogens is 488 g/mol. The second kappa shape index (κ2) is 11.9. The lowest BCUT2D eigenvalue weighted by Gasteiger charge is -2.29. The molecule has 0 aliphatic heterocycles. The van der Waals surface area contributed by atoms with E-state index in [0.717, 1.165) is 0 Å². The second-order valence-corrected chi connectivity index (χ2v) is 12.3. The van der Waals surface area contributed by atoms with E-state index in [1.807, 2.05) is 6.07 Å². The first-order valence-corrected chi connectivity index (χ1v) is 14.1. The predicted octanol–water partition coefficient (Wildman–Crippen LogP) is 4.41. The molecule has 0 fully saturated rings. The van der Waals surface area contributed by atoms with Crippen molar-refractivity contribution >= 4 is 26.0 Å². The molecule has 0 bridgehead atoms. The monoisotopic (exact) mass is 522 g/mol. The fourth-order valence-corrected chi connectivity index (χ4v) is 6.44. The van der Waals surface area contributed by atoms with Crippen LogP contribution in [0.5, 0.6) is 0 Å². The van der Waals surface area contributed by atoms with Crippen LogP contribution in [0.4, 0.5) is 0 Å². The predicted molar refractivity (Wildman–Crippen MR) is 137 cm³/mol. The third-order valence-electron chi connectivity index (χ3n) is 4.85. The van der Waals surface area contributed by atoms with Gasteiger partial charge in [-0.3, -0.25) is 8.98 Å². The van der Waals surface area contributed by atoms with Gasteiger partial charge in [0.05, 0.1) is 26.8 Å². The van der Waals surface area contributed by atoms with Crippen LogP contribution in [-0.2, 0) is 33.7 Å². The third-order valence-corrected chi connectivity index (χ3v) is 8.30. The molecule has 35 heavy (non-hydrogen) atoms. The maximum absolute atomic E-state index is 13.8. The van der Waals surface area contributed by atoms with Crippen LogP contribution in [0, 0.1) is 0 Å². The topological polar surface area (TPSA) is 111 Å². The van der Waals surface area contributed by atoms with E-state index < -0.39 is 43.6 Å². The molecule has 2 rings (SSSR count). The zero-order chi connectivity index (χ0) is 26.3. The summed E-state index contributed by atoms with van der Waals surface area (Å²) in [5, 5.41) is 1.49. The second-order valence-electron chi connectivity index (χ2n) is 8.81. The Hall–Kier alpha value is -2.53. The smallest absolute Gasteiger partial charge is 0.337 e. The van der Waals surface area contributed by atoms with Gasteiger partial charge in [-0.2, -0.15) is 13.1 Å². The average molecular weight is 523 g/mol. The molecular formula is C25H34N2O6S2. The minimum atomic E-state index is -4.36. The fourth-order valence-electron chi connectivity index (χ4n) is 3.54. The SMILES string of the molecule is CCOC(=O)[C@@H](NS(=O)(=O)OC(C)(C)C)[C@@H](/C(C)=C/S(=O)(=NC)c1ccccc1)c1ccccc1. The largest absolute Gasteiger partial charge is 0.465 e. The highest BCUT2D eigenvalue weighted by molar-refractivity contribution is 7.96. The van der Waals surface area contributed by atoms with Crippen molar-refractivity contribution in [1.29, 1.82) is 0 Å². The van der Waals surface area contributed by atoms with Gasteiger partial charge in [0.2, 0.25) is 0 Å². The lowest BCUT2D eigenvalue weighted by molar-refractivity contribution is -0.145. The van der Waals surface area contributed by atoms with Gasteiger partial charge >= 0.3 is 16.3 Å². The van der Waals surface area contributed by atoms with Crippen LogP contribution in [0.2, 0.25) is 0 Å². The summed E-state index contributed by atoms with van der Waals surface area (Å²) in [5.41, 5.74) is 0.0804. The van der Waals surface area contributed by atoms with Gasteiger partial charge < -0.3 is 4.74 Å². The number of carbonyl (C=O) groups excluding carboxylic acids is 1. The normalized spacial score (nSPS) is 16.1. The van der Waals surface area contributed by atoms with Crippen molar-refractivity contribution in [1.82, 2.24) is 4.72 Å². The molecule has 10 heteroatoms.